The van der Waals surface area contributed by atoms with Crippen LogP contribution in [0.5, 0.6) is 0 Å². The Morgan fingerprint density at radius 3 is 2.68 bits per heavy atom. The number of imidazole rings is 1. The number of hydrogen-bond donors (Lipinski definition) is 1. The molecule has 0 bridgehead atoms. The fraction of sp³-hybridized carbons (Fsp3) is 0.200. The second-order valence-electron chi connectivity index (χ2n) is 5.83. The number of carbonyl (C=O) groups is 1. The average molecular weight is 335 g/mol. The topological polar surface area (TPSA) is 60.1 Å². The number of carbonyl (C=O) groups excluding carboxylic acids is 1. The van der Waals surface area contributed by atoms with Crippen molar-refractivity contribution in [2.24, 2.45) is 0 Å². The van der Waals surface area contributed by atoms with Gasteiger partial charge in [-0.2, -0.15) is 0 Å². The highest BCUT2D eigenvalue weighted by Crippen LogP contribution is 2.29. The van der Waals surface area contributed by atoms with Gasteiger partial charge in [-0.15, -0.1) is 0 Å². The molecule has 1 aromatic carbocycles. The Morgan fingerprint density at radius 2 is 2.00 bits per heavy atom. The molecule has 3 rings (SSSR count). The number of rotatable bonds is 6. The second-order valence-corrected chi connectivity index (χ2v) is 5.83. The van der Waals surface area contributed by atoms with Crippen molar-refractivity contribution in [3.05, 3.63) is 66.5 Å². The number of furan rings is 1. The fourth-order valence-corrected chi connectivity index (χ4v) is 2.78. The predicted molar refractivity (Wildman–Crippen MR) is 98.6 cm³/mol. The lowest BCUT2D eigenvalue weighted by Crippen LogP contribution is -2.24. The number of benzene rings is 1. The van der Waals surface area contributed by atoms with E-state index >= 15 is 0 Å². The molecule has 0 aliphatic rings. The molecule has 0 aliphatic heterocycles. The van der Waals surface area contributed by atoms with Crippen LogP contribution in [-0.4, -0.2) is 22.0 Å². The Bertz CT molecular complexity index is 862. The van der Waals surface area contributed by atoms with Crippen molar-refractivity contribution in [3.63, 3.8) is 0 Å². The molecule has 0 atom stereocenters. The van der Waals surface area contributed by atoms with Gasteiger partial charge in [0.2, 0.25) is 5.91 Å². The molecule has 3 aromatic rings. The molecule has 1 N–H and O–H groups in total. The second kappa shape index (κ2) is 7.66. The van der Waals surface area contributed by atoms with Crippen LogP contribution in [-0.2, 0) is 11.3 Å². The summed E-state index contributed by atoms with van der Waals surface area (Å²) < 4.78 is 7.50. The predicted octanol–water partition coefficient (Wildman–Crippen LogP) is 3.84. The van der Waals surface area contributed by atoms with Crippen molar-refractivity contribution in [1.29, 1.82) is 0 Å². The Labute approximate surface area is 147 Å². The first-order valence-electron chi connectivity index (χ1n) is 8.22. The molecule has 0 aliphatic carbocycles. The smallest absolute Gasteiger partial charge is 0.216 e. The van der Waals surface area contributed by atoms with Crippen molar-refractivity contribution in [1.82, 2.24) is 14.9 Å². The summed E-state index contributed by atoms with van der Waals surface area (Å²) in [6.45, 7) is 4.77. The fourth-order valence-electron chi connectivity index (χ4n) is 2.78. The monoisotopic (exact) mass is 335 g/mol. The lowest BCUT2D eigenvalue weighted by molar-refractivity contribution is -0.118. The number of amides is 1. The van der Waals surface area contributed by atoms with Gasteiger partial charge in [0.25, 0.3) is 0 Å². The van der Waals surface area contributed by atoms with E-state index in [-0.39, 0.29) is 5.91 Å². The number of nitrogens with one attached hydrogen (secondary N) is 1. The molecule has 0 saturated carbocycles. The Balaban J connectivity index is 1.99. The number of nitrogens with zero attached hydrogens (tertiary/aromatic N) is 2. The SMILES string of the molecule is CC(=O)NCCn1cnc(-c2ccccc2)c1/C(C)=C/c1ccco1. The largest absolute Gasteiger partial charge is 0.465 e. The normalized spacial score (nSPS) is 11.5. The zero-order valence-corrected chi connectivity index (χ0v) is 14.4. The van der Waals surface area contributed by atoms with Crippen molar-refractivity contribution >= 4 is 17.6 Å². The van der Waals surface area contributed by atoms with Crippen LogP contribution in [0.4, 0.5) is 0 Å². The molecule has 0 unspecified atom stereocenters. The molecule has 2 heterocycles. The number of hydrogen-bond acceptors (Lipinski definition) is 3. The van der Waals surface area contributed by atoms with Crippen molar-refractivity contribution < 1.29 is 9.21 Å². The van der Waals surface area contributed by atoms with Crippen LogP contribution in [0.3, 0.4) is 0 Å². The highest BCUT2D eigenvalue weighted by molar-refractivity contribution is 5.84. The van der Waals surface area contributed by atoms with Crippen molar-refractivity contribution in [3.8, 4) is 11.3 Å². The molecular formula is C20H21N3O2. The lowest BCUT2D eigenvalue weighted by Gasteiger charge is -2.11. The Kier molecular flexibility index (Phi) is 5.14. The standard InChI is InChI=1S/C20H21N3O2/c1-15(13-18-9-6-12-25-18)20-19(17-7-4-3-5-8-17)22-14-23(20)11-10-21-16(2)24/h3-9,12-14H,10-11H2,1-2H3,(H,21,24)/b15-13+. The minimum atomic E-state index is -0.0344. The van der Waals surface area contributed by atoms with Crippen LogP contribution < -0.4 is 5.32 Å². The molecule has 0 fully saturated rings. The van der Waals surface area contributed by atoms with Gasteiger partial charge in [-0.25, -0.2) is 4.98 Å². The van der Waals surface area contributed by atoms with E-state index in [4.69, 9.17) is 4.42 Å². The quantitative estimate of drug-likeness (QED) is 0.744. The molecular weight excluding hydrogens is 314 g/mol. The van der Waals surface area contributed by atoms with Crippen LogP contribution in [0.1, 0.15) is 25.3 Å². The molecule has 5 nitrogen and oxygen atoms in total. The maximum Gasteiger partial charge on any atom is 0.216 e. The maximum atomic E-state index is 11.1. The molecule has 2 aromatic heterocycles. The van der Waals surface area contributed by atoms with Crippen LogP contribution in [0.2, 0.25) is 0 Å². The van der Waals surface area contributed by atoms with Crippen molar-refractivity contribution in [2.75, 3.05) is 6.54 Å². The lowest BCUT2D eigenvalue weighted by atomic mass is 10.1. The third kappa shape index (κ3) is 4.07. The van der Waals surface area contributed by atoms with Gasteiger partial charge in [-0.05, 0) is 30.7 Å². The summed E-state index contributed by atoms with van der Waals surface area (Å²) in [6, 6.07) is 13.9. The Hall–Kier alpha value is -3.08. The summed E-state index contributed by atoms with van der Waals surface area (Å²) in [4.78, 5) is 15.7. The Morgan fingerprint density at radius 1 is 1.20 bits per heavy atom. The highest BCUT2D eigenvalue weighted by Gasteiger charge is 2.15. The van der Waals surface area contributed by atoms with Gasteiger partial charge < -0.3 is 14.3 Å². The van der Waals surface area contributed by atoms with Gasteiger partial charge in [-0.3, -0.25) is 4.79 Å². The van der Waals surface area contributed by atoms with Crippen LogP contribution in [0.25, 0.3) is 22.9 Å². The summed E-state index contributed by atoms with van der Waals surface area (Å²) in [5.41, 5.74) is 4.05. The van der Waals surface area contributed by atoms with E-state index < -0.39 is 0 Å². The summed E-state index contributed by atoms with van der Waals surface area (Å²) in [6.07, 6.45) is 5.47. The summed E-state index contributed by atoms with van der Waals surface area (Å²) in [5.74, 6) is 0.763. The molecule has 0 spiro atoms. The van der Waals surface area contributed by atoms with E-state index in [1.165, 1.54) is 6.92 Å². The van der Waals surface area contributed by atoms with E-state index in [0.717, 1.165) is 28.3 Å². The molecule has 1 amide bonds. The first-order chi connectivity index (χ1) is 12.1. The van der Waals surface area contributed by atoms with Crippen LogP contribution in [0.15, 0.2) is 59.5 Å². The van der Waals surface area contributed by atoms with E-state index in [2.05, 4.69) is 14.9 Å². The van der Waals surface area contributed by atoms with E-state index in [1.54, 1.807) is 6.26 Å². The number of allylic oxidation sites excluding steroid dienone is 1. The zero-order chi connectivity index (χ0) is 17.6. The van der Waals surface area contributed by atoms with E-state index in [9.17, 15) is 4.79 Å². The molecule has 128 valence electrons. The van der Waals surface area contributed by atoms with Crippen LogP contribution >= 0.6 is 0 Å². The third-order valence-electron chi connectivity index (χ3n) is 3.89. The minimum absolute atomic E-state index is 0.0344. The minimum Gasteiger partial charge on any atom is -0.465 e. The van der Waals surface area contributed by atoms with E-state index in [1.807, 2.05) is 61.8 Å². The van der Waals surface area contributed by atoms with E-state index in [0.29, 0.717) is 13.1 Å². The first kappa shape index (κ1) is 16.8. The summed E-state index contributed by atoms with van der Waals surface area (Å²) in [7, 11) is 0. The molecule has 25 heavy (non-hydrogen) atoms. The van der Waals surface area contributed by atoms with Gasteiger partial charge in [0.05, 0.1) is 24.0 Å². The van der Waals surface area contributed by atoms with Crippen molar-refractivity contribution in [2.45, 2.75) is 20.4 Å². The molecule has 0 radical (unpaired) electrons. The van der Waals surface area contributed by atoms with Gasteiger partial charge in [0.1, 0.15) is 5.76 Å². The average Bonchev–Trinajstić information content (AvgIpc) is 3.25. The maximum absolute atomic E-state index is 11.1. The van der Waals surface area contributed by atoms with Gasteiger partial charge in [0.15, 0.2) is 0 Å². The zero-order valence-electron chi connectivity index (χ0n) is 14.4. The molecule has 5 heteroatoms. The molecule has 0 saturated heterocycles. The highest BCUT2D eigenvalue weighted by atomic mass is 16.3. The first-order valence-corrected chi connectivity index (χ1v) is 8.22. The summed E-state index contributed by atoms with van der Waals surface area (Å²) in [5, 5.41) is 2.83. The summed E-state index contributed by atoms with van der Waals surface area (Å²) >= 11 is 0. The van der Waals surface area contributed by atoms with Gasteiger partial charge >= 0.3 is 0 Å². The van der Waals surface area contributed by atoms with Gasteiger partial charge in [0, 0.05) is 25.6 Å². The number of aromatic nitrogens is 2. The van der Waals surface area contributed by atoms with Crippen LogP contribution in [0, 0.1) is 0 Å². The van der Waals surface area contributed by atoms with Gasteiger partial charge in [-0.1, -0.05) is 30.3 Å². The third-order valence-corrected chi connectivity index (χ3v) is 3.89.